The van der Waals surface area contributed by atoms with Gasteiger partial charge in [0.1, 0.15) is 0 Å². The monoisotopic (exact) mass is 412 g/mol. The summed E-state index contributed by atoms with van der Waals surface area (Å²) in [7, 11) is 1.77. The Kier molecular flexibility index (Phi) is 7.02. The van der Waals surface area contributed by atoms with Crippen LogP contribution in [0, 0.1) is 0 Å². The number of aliphatic hydroxyl groups is 1. The fraction of sp³-hybridized carbons (Fsp3) is 0.500. The molecule has 6 nitrogen and oxygen atoms in total. The van der Waals surface area contributed by atoms with E-state index >= 15 is 0 Å². The maximum Gasteiger partial charge on any atom is 0.185 e. The van der Waals surface area contributed by atoms with E-state index in [0.29, 0.717) is 11.7 Å². The van der Waals surface area contributed by atoms with Gasteiger partial charge in [-0.05, 0) is 42.6 Å². The molecule has 6 heteroatoms. The zero-order chi connectivity index (χ0) is 20.9. The number of nitrogen functional groups attached to an aromatic ring is 1. The van der Waals surface area contributed by atoms with Crippen LogP contribution >= 0.6 is 0 Å². The fourth-order valence-electron chi connectivity index (χ4n) is 4.52. The van der Waals surface area contributed by atoms with Gasteiger partial charge in [-0.3, -0.25) is 4.90 Å². The summed E-state index contributed by atoms with van der Waals surface area (Å²) in [5, 5.41) is 9.35. The van der Waals surface area contributed by atoms with E-state index < -0.39 is 6.29 Å². The summed E-state index contributed by atoms with van der Waals surface area (Å²) in [6, 6.07) is 16.2. The molecule has 2 heterocycles. The van der Waals surface area contributed by atoms with Crippen LogP contribution in [0.2, 0.25) is 0 Å². The number of ether oxygens (including phenoxy) is 3. The molecular formula is C24H32N2O4. The van der Waals surface area contributed by atoms with Gasteiger partial charge in [0.15, 0.2) is 6.29 Å². The number of nitrogens with zero attached hydrogens (tertiary/aromatic N) is 1. The minimum atomic E-state index is -0.460. The molecule has 30 heavy (non-hydrogen) atoms. The number of aliphatic hydroxyl groups excluding tert-OH is 1. The third-order valence-corrected chi connectivity index (χ3v) is 6.09. The highest BCUT2D eigenvalue weighted by Crippen LogP contribution is 2.39. The number of hydrogen-bond acceptors (Lipinski definition) is 6. The molecule has 0 aliphatic carbocycles. The van der Waals surface area contributed by atoms with Crippen molar-refractivity contribution >= 4 is 5.69 Å². The van der Waals surface area contributed by atoms with Gasteiger partial charge in [0.2, 0.25) is 0 Å². The van der Waals surface area contributed by atoms with E-state index in [4.69, 9.17) is 19.9 Å². The van der Waals surface area contributed by atoms with E-state index in [1.54, 1.807) is 7.11 Å². The van der Waals surface area contributed by atoms with Crippen LogP contribution in [-0.2, 0) is 20.8 Å². The predicted octanol–water partition coefficient (Wildman–Crippen LogP) is 3.42. The lowest BCUT2D eigenvalue weighted by molar-refractivity contribution is -0.253. The molecule has 0 amide bonds. The SMILES string of the molecule is COCC1CCCN1CC1CC(c2ccc(CO)cc2)OC(c2cccc(N)c2)O1. The first-order valence-corrected chi connectivity index (χ1v) is 10.8. The molecule has 3 N–H and O–H groups in total. The number of benzene rings is 2. The second-order valence-electron chi connectivity index (χ2n) is 8.27. The molecule has 4 rings (SSSR count). The van der Waals surface area contributed by atoms with E-state index in [1.807, 2.05) is 48.5 Å². The van der Waals surface area contributed by atoms with Crippen LogP contribution in [0.15, 0.2) is 48.5 Å². The highest BCUT2D eigenvalue weighted by molar-refractivity contribution is 5.41. The topological polar surface area (TPSA) is 77.2 Å². The van der Waals surface area contributed by atoms with Crippen molar-refractivity contribution in [3.8, 4) is 0 Å². The zero-order valence-corrected chi connectivity index (χ0v) is 17.6. The number of hydrogen-bond donors (Lipinski definition) is 2. The van der Waals surface area contributed by atoms with Gasteiger partial charge in [-0.1, -0.05) is 36.4 Å². The van der Waals surface area contributed by atoms with E-state index in [1.165, 1.54) is 12.8 Å². The van der Waals surface area contributed by atoms with Gasteiger partial charge in [0.25, 0.3) is 0 Å². The average Bonchev–Trinajstić information content (AvgIpc) is 3.20. The molecule has 0 bridgehead atoms. The predicted molar refractivity (Wildman–Crippen MR) is 116 cm³/mol. The first kappa shape index (κ1) is 21.3. The average molecular weight is 413 g/mol. The molecule has 0 spiro atoms. The molecule has 2 aromatic rings. The fourth-order valence-corrected chi connectivity index (χ4v) is 4.52. The quantitative estimate of drug-likeness (QED) is 0.679. The molecule has 2 aliphatic rings. The van der Waals surface area contributed by atoms with Crippen LogP contribution in [0.1, 0.15) is 48.3 Å². The smallest absolute Gasteiger partial charge is 0.185 e. The Morgan fingerprint density at radius 1 is 1.13 bits per heavy atom. The van der Waals surface area contributed by atoms with E-state index in [0.717, 1.165) is 42.8 Å². The number of methoxy groups -OCH3 is 1. The van der Waals surface area contributed by atoms with Gasteiger partial charge in [0.05, 0.1) is 25.4 Å². The van der Waals surface area contributed by atoms with Crippen molar-refractivity contribution in [1.29, 1.82) is 0 Å². The second-order valence-corrected chi connectivity index (χ2v) is 8.27. The van der Waals surface area contributed by atoms with Crippen LogP contribution in [0.3, 0.4) is 0 Å². The molecule has 2 saturated heterocycles. The normalized spacial score (nSPS) is 27.4. The van der Waals surface area contributed by atoms with Crippen molar-refractivity contribution in [3.05, 3.63) is 65.2 Å². The maximum absolute atomic E-state index is 9.35. The van der Waals surface area contributed by atoms with E-state index in [2.05, 4.69) is 4.90 Å². The minimum absolute atomic E-state index is 0.0410. The largest absolute Gasteiger partial charge is 0.399 e. The third-order valence-electron chi connectivity index (χ3n) is 6.09. The Bertz CT molecular complexity index is 813. The van der Waals surface area contributed by atoms with Gasteiger partial charge >= 0.3 is 0 Å². The molecule has 2 aromatic carbocycles. The lowest BCUT2D eigenvalue weighted by atomic mass is 9.99. The number of nitrogens with two attached hydrogens (primary N) is 1. The molecule has 162 valence electrons. The van der Waals surface area contributed by atoms with E-state index in [9.17, 15) is 5.11 Å². The van der Waals surface area contributed by atoms with Crippen molar-refractivity contribution in [3.63, 3.8) is 0 Å². The molecule has 4 unspecified atom stereocenters. The summed E-state index contributed by atoms with van der Waals surface area (Å²) in [6.07, 6.45) is 2.66. The summed E-state index contributed by atoms with van der Waals surface area (Å²) < 4.78 is 18.2. The highest BCUT2D eigenvalue weighted by Gasteiger charge is 2.35. The molecule has 0 saturated carbocycles. The maximum atomic E-state index is 9.35. The van der Waals surface area contributed by atoms with Crippen molar-refractivity contribution < 1.29 is 19.3 Å². The lowest BCUT2D eigenvalue weighted by Gasteiger charge is -2.38. The molecule has 0 radical (unpaired) electrons. The minimum Gasteiger partial charge on any atom is -0.399 e. The summed E-state index contributed by atoms with van der Waals surface area (Å²) in [6.45, 7) is 2.74. The molecule has 0 aromatic heterocycles. The molecule has 2 aliphatic heterocycles. The Balaban J connectivity index is 1.54. The Hall–Kier alpha value is -1.96. The van der Waals surface area contributed by atoms with Gasteiger partial charge < -0.3 is 25.1 Å². The molecule has 2 fully saturated rings. The summed E-state index contributed by atoms with van der Waals surface area (Å²) >= 11 is 0. The number of likely N-dealkylation sites (tertiary alicyclic amines) is 1. The number of rotatable bonds is 7. The summed E-state index contributed by atoms with van der Waals surface area (Å²) in [4.78, 5) is 2.49. The first-order valence-electron chi connectivity index (χ1n) is 10.8. The highest BCUT2D eigenvalue weighted by atomic mass is 16.7. The Morgan fingerprint density at radius 3 is 2.70 bits per heavy atom. The summed E-state index contributed by atoms with van der Waals surface area (Å²) in [5.41, 5.74) is 9.64. The van der Waals surface area contributed by atoms with Crippen LogP contribution in [0.25, 0.3) is 0 Å². The van der Waals surface area contributed by atoms with Crippen LogP contribution < -0.4 is 5.73 Å². The molecular weight excluding hydrogens is 380 g/mol. The van der Waals surface area contributed by atoms with Crippen LogP contribution in [-0.4, -0.2) is 49.0 Å². The van der Waals surface area contributed by atoms with Gasteiger partial charge in [0, 0.05) is 37.4 Å². The van der Waals surface area contributed by atoms with Crippen LogP contribution in [0.5, 0.6) is 0 Å². The summed E-state index contributed by atoms with van der Waals surface area (Å²) in [5.74, 6) is 0. The van der Waals surface area contributed by atoms with Gasteiger partial charge in [-0.2, -0.15) is 0 Å². The van der Waals surface area contributed by atoms with Gasteiger partial charge in [-0.15, -0.1) is 0 Å². The standard InChI is InChI=1S/C24H32N2O4/c1-28-16-21-6-3-11-26(21)14-22-13-23(18-9-7-17(15-27)8-10-18)30-24(29-22)19-4-2-5-20(25)12-19/h2,4-5,7-10,12,21-24,27H,3,6,11,13-16,25H2,1H3. The lowest BCUT2D eigenvalue weighted by Crippen LogP contribution is -2.42. The van der Waals surface area contributed by atoms with E-state index in [-0.39, 0.29) is 18.8 Å². The van der Waals surface area contributed by atoms with Crippen molar-refractivity contribution in [1.82, 2.24) is 4.90 Å². The second kappa shape index (κ2) is 9.90. The zero-order valence-electron chi connectivity index (χ0n) is 17.6. The molecule has 4 atom stereocenters. The van der Waals surface area contributed by atoms with Crippen molar-refractivity contribution in [2.45, 2.75) is 50.4 Å². The van der Waals surface area contributed by atoms with Crippen molar-refractivity contribution in [2.24, 2.45) is 0 Å². The first-order chi connectivity index (χ1) is 14.7. The number of anilines is 1. The Labute approximate surface area is 178 Å². The third kappa shape index (κ3) is 5.02. The van der Waals surface area contributed by atoms with Gasteiger partial charge in [-0.25, -0.2) is 0 Å². The Morgan fingerprint density at radius 2 is 1.97 bits per heavy atom. The van der Waals surface area contributed by atoms with Crippen molar-refractivity contribution in [2.75, 3.05) is 32.5 Å². The van der Waals surface area contributed by atoms with Crippen LogP contribution in [0.4, 0.5) is 5.69 Å².